The first-order valence-electron chi connectivity index (χ1n) is 10.3. The van der Waals surface area contributed by atoms with Crippen molar-refractivity contribution in [2.45, 2.75) is 19.5 Å². The summed E-state index contributed by atoms with van der Waals surface area (Å²) in [6, 6.07) is 7.36. The van der Waals surface area contributed by atoms with Gasteiger partial charge in [0, 0.05) is 6.20 Å². The van der Waals surface area contributed by atoms with Gasteiger partial charge in [0.05, 0.1) is 44.2 Å². The van der Waals surface area contributed by atoms with Crippen molar-refractivity contribution in [1.82, 2.24) is 14.8 Å². The summed E-state index contributed by atoms with van der Waals surface area (Å²) in [7, 11) is 0. The lowest BCUT2D eigenvalue weighted by Gasteiger charge is -2.17. The molecule has 1 aliphatic rings. The maximum Gasteiger partial charge on any atom is 0.573 e. The fourth-order valence-corrected chi connectivity index (χ4v) is 4.26. The van der Waals surface area contributed by atoms with Gasteiger partial charge in [-0.3, -0.25) is 9.59 Å². The predicted molar refractivity (Wildman–Crippen MR) is 118 cm³/mol. The molecule has 0 N–H and O–H groups in total. The summed E-state index contributed by atoms with van der Waals surface area (Å²) in [5, 5.41) is 3.87. The minimum absolute atomic E-state index is 0.107. The standard InChI is InChI=1S/C23H11ClF6N4O3/c1-10-17-18-14(20(35)33(21(18)36)12-4-7-16(24)15(8-12)22(25,26)27)9-31-19(17)34(32-10)11-2-5-13(6-3-11)37-23(28,29)30/h2-9H,1H3. The molecule has 0 radical (unpaired) electrons. The number of imide groups is 1. The fourth-order valence-electron chi connectivity index (χ4n) is 4.03. The monoisotopic (exact) mass is 540 g/mol. The number of alkyl halides is 6. The molecule has 2 amide bonds. The number of fused-ring (bicyclic) bond motifs is 3. The zero-order valence-corrected chi connectivity index (χ0v) is 19.0. The Morgan fingerprint density at radius 2 is 1.57 bits per heavy atom. The number of aromatic nitrogens is 3. The molecule has 0 fully saturated rings. The highest BCUT2D eigenvalue weighted by atomic mass is 35.5. The molecule has 1 aliphatic heterocycles. The number of nitrogens with zero attached hydrogens (tertiary/aromatic N) is 4. The van der Waals surface area contributed by atoms with Crippen LogP contribution in [0.5, 0.6) is 5.75 Å². The number of benzene rings is 2. The molecule has 0 bridgehead atoms. The quantitative estimate of drug-likeness (QED) is 0.232. The van der Waals surface area contributed by atoms with Crippen LogP contribution in [0.1, 0.15) is 32.0 Å². The molecule has 37 heavy (non-hydrogen) atoms. The van der Waals surface area contributed by atoms with Crippen LogP contribution >= 0.6 is 11.6 Å². The van der Waals surface area contributed by atoms with E-state index in [2.05, 4.69) is 14.8 Å². The number of ether oxygens (including phenoxy) is 1. The van der Waals surface area contributed by atoms with Crippen molar-refractivity contribution in [3.8, 4) is 11.4 Å². The van der Waals surface area contributed by atoms with Crippen LogP contribution in [0, 0.1) is 6.92 Å². The van der Waals surface area contributed by atoms with E-state index < -0.39 is 40.7 Å². The van der Waals surface area contributed by atoms with E-state index in [0.29, 0.717) is 11.0 Å². The predicted octanol–water partition coefficient (Wildman–Crippen LogP) is 6.10. The van der Waals surface area contributed by atoms with Gasteiger partial charge in [-0.2, -0.15) is 18.3 Å². The Kier molecular flexibility index (Phi) is 5.44. The molecule has 0 saturated heterocycles. The molecule has 0 saturated carbocycles. The molecule has 190 valence electrons. The Morgan fingerprint density at radius 3 is 2.19 bits per heavy atom. The van der Waals surface area contributed by atoms with Crippen molar-refractivity contribution in [2.75, 3.05) is 4.90 Å². The first-order valence-corrected chi connectivity index (χ1v) is 10.6. The molecule has 5 rings (SSSR count). The Balaban J connectivity index is 1.59. The van der Waals surface area contributed by atoms with Crippen LogP contribution in [0.3, 0.4) is 0 Å². The Labute approximate surface area is 207 Å². The molecular formula is C23H11ClF6N4O3. The van der Waals surface area contributed by atoms with E-state index in [4.69, 9.17) is 11.6 Å². The van der Waals surface area contributed by atoms with Gasteiger partial charge in [-0.25, -0.2) is 14.6 Å². The lowest BCUT2D eigenvalue weighted by atomic mass is 10.1. The van der Waals surface area contributed by atoms with Gasteiger partial charge in [0.2, 0.25) is 0 Å². The van der Waals surface area contributed by atoms with Crippen LogP contribution in [0.15, 0.2) is 48.7 Å². The number of hydrogen-bond donors (Lipinski definition) is 0. The lowest BCUT2D eigenvalue weighted by Crippen LogP contribution is -2.29. The minimum atomic E-state index is -4.87. The fraction of sp³-hybridized carbons (Fsp3) is 0.130. The third-order valence-electron chi connectivity index (χ3n) is 5.55. The normalized spacial score (nSPS) is 14.0. The Morgan fingerprint density at radius 1 is 0.919 bits per heavy atom. The summed E-state index contributed by atoms with van der Waals surface area (Å²) in [6.45, 7) is 1.52. The van der Waals surface area contributed by atoms with Crippen LogP contribution < -0.4 is 9.64 Å². The molecular weight excluding hydrogens is 530 g/mol. The average Bonchev–Trinajstić information content (AvgIpc) is 3.27. The second kappa shape index (κ2) is 8.20. The van der Waals surface area contributed by atoms with Crippen LogP contribution in [-0.4, -0.2) is 32.9 Å². The number of aryl methyl sites for hydroxylation is 1. The van der Waals surface area contributed by atoms with Crippen LogP contribution in [0.2, 0.25) is 5.02 Å². The molecule has 2 aromatic carbocycles. The third-order valence-corrected chi connectivity index (χ3v) is 5.88. The molecule has 0 aliphatic carbocycles. The highest BCUT2D eigenvalue weighted by Gasteiger charge is 2.41. The van der Waals surface area contributed by atoms with Crippen molar-refractivity contribution in [3.63, 3.8) is 0 Å². The van der Waals surface area contributed by atoms with E-state index in [-0.39, 0.29) is 39.2 Å². The summed E-state index contributed by atoms with van der Waals surface area (Å²) in [6.07, 6.45) is -8.60. The molecule has 0 spiro atoms. The van der Waals surface area contributed by atoms with Gasteiger partial charge in [-0.05, 0) is 49.4 Å². The van der Waals surface area contributed by atoms with Crippen LogP contribution in [0.25, 0.3) is 16.7 Å². The van der Waals surface area contributed by atoms with Gasteiger partial charge in [-0.15, -0.1) is 13.2 Å². The van der Waals surface area contributed by atoms with E-state index in [9.17, 15) is 35.9 Å². The minimum Gasteiger partial charge on any atom is -0.406 e. The molecule has 2 aromatic heterocycles. The van der Waals surface area contributed by atoms with Crippen molar-refractivity contribution in [2.24, 2.45) is 0 Å². The smallest absolute Gasteiger partial charge is 0.406 e. The number of amides is 2. The van der Waals surface area contributed by atoms with Crippen molar-refractivity contribution < 1.29 is 40.7 Å². The van der Waals surface area contributed by atoms with Gasteiger partial charge >= 0.3 is 12.5 Å². The number of carbonyl (C=O) groups excluding carboxylic acids is 2. The second-order valence-corrected chi connectivity index (χ2v) is 8.30. The number of halogens is 7. The molecule has 14 heteroatoms. The van der Waals surface area contributed by atoms with Gasteiger partial charge in [0.15, 0.2) is 5.65 Å². The largest absolute Gasteiger partial charge is 0.573 e. The molecule has 7 nitrogen and oxygen atoms in total. The maximum absolute atomic E-state index is 13.3. The van der Waals surface area contributed by atoms with Crippen LogP contribution in [0.4, 0.5) is 32.0 Å². The van der Waals surface area contributed by atoms with Crippen molar-refractivity contribution in [3.05, 3.63) is 76.1 Å². The maximum atomic E-state index is 13.3. The van der Waals surface area contributed by atoms with Crippen molar-refractivity contribution in [1.29, 1.82) is 0 Å². The summed E-state index contributed by atoms with van der Waals surface area (Å²) >= 11 is 5.66. The van der Waals surface area contributed by atoms with E-state index >= 15 is 0 Å². The van der Waals surface area contributed by atoms with E-state index in [1.165, 1.54) is 23.7 Å². The average molecular weight is 541 g/mol. The number of hydrogen-bond acceptors (Lipinski definition) is 5. The SMILES string of the molecule is Cc1nn(-c2ccc(OC(F)(F)F)cc2)c2ncc3c(c12)C(=O)N(c1ccc(Cl)c(C(F)(F)F)c1)C3=O. The third kappa shape index (κ3) is 4.14. The summed E-state index contributed by atoms with van der Waals surface area (Å²) in [5.41, 5.74) is -1.16. The van der Waals surface area contributed by atoms with E-state index in [1.807, 2.05) is 0 Å². The first-order chi connectivity index (χ1) is 17.3. The zero-order valence-electron chi connectivity index (χ0n) is 18.3. The molecule has 0 unspecified atom stereocenters. The number of carbonyl (C=O) groups is 2. The van der Waals surface area contributed by atoms with Gasteiger partial charge in [0.1, 0.15) is 5.75 Å². The van der Waals surface area contributed by atoms with E-state index in [1.54, 1.807) is 0 Å². The Hall–Kier alpha value is -4.13. The summed E-state index contributed by atoms with van der Waals surface area (Å²) in [4.78, 5) is 31.2. The van der Waals surface area contributed by atoms with E-state index in [0.717, 1.165) is 30.5 Å². The van der Waals surface area contributed by atoms with Crippen LogP contribution in [-0.2, 0) is 6.18 Å². The first kappa shape index (κ1) is 24.6. The summed E-state index contributed by atoms with van der Waals surface area (Å²) in [5.74, 6) is -2.24. The lowest BCUT2D eigenvalue weighted by molar-refractivity contribution is -0.274. The number of pyridine rings is 1. The second-order valence-electron chi connectivity index (χ2n) is 7.89. The summed E-state index contributed by atoms with van der Waals surface area (Å²) < 4.78 is 82.5. The molecule has 0 atom stereocenters. The molecule has 4 aromatic rings. The highest BCUT2D eigenvalue weighted by Crippen LogP contribution is 2.40. The number of anilines is 1. The van der Waals surface area contributed by atoms with Gasteiger partial charge in [-0.1, -0.05) is 11.6 Å². The highest BCUT2D eigenvalue weighted by molar-refractivity contribution is 6.37. The number of rotatable bonds is 3. The van der Waals surface area contributed by atoms with Gasteiger partial charge in [0.25, 0.3) is 11.8 Å². The topological polar surface area (TPSA) is 77.3 Å². The van der Waals surface area contributed by atoms with Crippen molar-refractivity contribution >= 4 is 40.1 Å². The molecule has 3 heterocycles. The Bertz CT molecular complexity index is 1600. The van der Waals surface area contributed by atoms with Gasteiger partial charge < -0.3 is 4.74 Å². The zero-order chi connectivity index (χ0) is 26.9.